The number of fused-ring (bicyclic) bond motifs is 1. The van der Waals surface area contributed by atoms with Crippen LogP contribution in [-0.2, 0) is 6.42 Å². The molecular formula is C12H11BrN2O. The van der Waals surface area contributed by atoms with Crippen molar-refractivity contribution in [3.8, 4) is 11.6 Å². The molecule has 1 aliphatic rings. The first-order chi connectivity index (χ1) is 7.84. The van der Waals surface area contributed by atoms with Gasteiger partial charge in [0.2, 0.25) is 5.88 Å². The molecule has 16 heavy (non-hydrogen) atoms. The second-order valence-electron chi connectivity index (χ2n) is 3.82. The molecule has 4 heteroatoms. The first-order valence-electron chi connectivity index (χ1n) is 5.30. The molecule has 1 aromatic carbocycles. The van der Waals surface area contributed by atoms with E-state index >= 15 is 0 Å². The second kappa shape index (κ2) is 3.94. The maximum Gasteiger partial charge on any atom is 0.219 e. The van der Waals surface area contributed by atoms with Crippen molar-refractivity contribution in [2.75, 3.05) is 6.61 Å². The van der Waals surface area contributed by atoms with Crippen LogP contribution in [0, 0.1) is 0 Å². The van der Waals surface area contributed by atoms with Crippen LogP contribution in [0.4, 0.5) is 0 Å². The minimum atomic E-state index is 0.784. The smallest absolute Gasteiger partial charge is 0.219 e. The van der Waals surface area contributed by atoms with Gasteiger partial charge in [-0.2, -0.15) is 5.10 Å². The van der Waals surface area contributed by atoms with Crippen LogP contribution in [0.15, 0.2) is 34.9 Å². The Morgan fingerprint density at radius 1 is 1.38 bits per heavy atom. The molecule has 1 aliphatic heterocycles. The summed E-state index contributed by atoms with van der Waals surface area (Å²) in [5.74, 6) is 0.893. The van der Waals surface area contributed by atoms with Crippen molar-refractivity contribution in [2.24, 2.45) is 0 Å². The zero-order valence-electron chi connectivity index (χ0n) is 8.69. The summed E-state index contributed by atoms with van der Waals surface area (Å²) in [5, 5.41) is 4.38. The van der Waals surface area contributed by atoms with Crippen LogP contribution in [0.1, 0.15) is 12.0 Å². The monoisotopic (exact) mass is 278 g/mol. The molecular weight excluding hydrogens is 268 g/mol. The highest BCUT2D eigenvalue weighted by Gasteiger charge is 2.17. The van der Waals surface area contributed by atoms with Crippen LogP contribution in [0.2, 0.25) is 0 Å². The lowest BCUT2D eigenvalue weighted by Crippen LogP contribution is -2.10. The molecule has 82 valence electrons. The van der Waals surface area contributed by atoms with Gasteiger partial charge in [-0.25, -0.2) is 4.68 Å². The maximum atomic E-state index is 5.67. The number of halogens is 1. The Hall–Kier alpha value is -1.29. The zero-order chi connectivity index (χ0) is 11.0. The predicted octanol–water partition coefficient (Wildman–Crippen LogP) is 2.96. The summed E-state index contributed by atoms with van der Waals surface area (Å²) in [7, 11) is 0. The highest BCUT2D eigenvalue weighted by atomic mass is 79.9. The third kappa shape index (κ3) is 1.63. The number of aromatic nitrogens is 2. The van der Waals surface area contributed by atoms with Gasteiger partial charge >= 0.3 is 0 Å². The first kappa shape index (κ1) is 9.90. The minimum Gasteiger partial charge on any atom is -0.477 e. The molecule has 0 saturated carbocycles. The molecule has 0 unspecified atom stereocenters. The predicted molar refractivity (Wildman–Crippen MR) is 65.1 cm³/mol. The van der Waals surface area contributed by atoms with Crippen molar-refractivity contribution in [3.05, 3.63) is 40.5 Å². The molecule has 0 atom stereocenters. The van der Waals surface area contributed by atoms with Crippen molar-refractivity contribution >= 4 is 15.9 Å². The normalized spacial score (nSPS) is 14.3. The molecule has 0 fully saturated rings. The average molecular weight is 279 g/mol. The zero-order valence-corrected chi connectivity index (χ0v) is 10.3. The van der Waals surface area contributed by atoms with Gasteiger partial charge in [0.05, 0.1) is 18.5 Å². The van der Waals surface area contributed by atoms with Gasteiger partial charge in [0, 0.05) is 10.0 Å². The summed E-state index contributed by atoms with van der Waals surface area (Å²) >= 11 is 3.46. The van der Waals surface area contributed by atoms with E-state index in [1.54, 1.807) is 0 Å². The van der Waals surface area contributed by atoms with Crippen molar-refractivity contribution in [2.45, 2.75) is 12.8 Å². The van der Waals surface area contributed by atoms with Crippen molar-refractivity contribution in [1.29, 1.82) is 0 Å². The number of rotatable bonds is 1. The SMILES string of the molecule is Brc1cccc(-n2ncc3c2OCCC3)c1. The Balaban J connectivity index is 2.09. The molecule has 3 rings (SSSR count). The summed E-state index contributed by atoms with van der Waals surface area (Å²) in [4.78, 5) is 0. The van der Waals surface area contributed by atoms with Gasteiger partial charge in [-0.3, -0.25) is 0 Å². The van der Waals surface area contributed by atoms with E-state index in [1.807, 2.05) is 35.1 Å². The Morgan fingerprint density at radius 3 is 3.19 bits per heavy atom. The molecule has 0 bridgehead atoms. The molecule has 0 spiro atoms. The largest absolute Gasteiger partial charge is 0.477 e. The van der Waals surface area contributed by atoms with Gasteiger partial charge in [-0.05, 0) is 31.0 Å². The van der Waals surface area contributed by atoms with Crippen LogP contribution in [0.25, 0.3) is 5.69 Å². The number of nitrogens with zero attached hydrogens (tertiary/aromatic N) is 2. The lowest BCUT2D eigenvalue weighted by Gasteiger charge is -2.15. The van der Waals surface area contributed by atoms with E-state index in [4.69, 9.17) is 4.74 Å². The molecule has 2 heterocycles. The van der Waals surface area contributed by atoms with Crippen LogP contribution < -0.4 is 4.74 Å². The number of ether oxygens (including phenoxy) is 1. The van der Waals surface area contributed by atoms with Gasteiger partial charge in [0.1, 0.15) is 0 Å². The van der Waals surface area contributed by atoms with E-state index in [9.17, 15) is 0 Å². The van der Waals surface area contributed by atoms with E-state index in [0.29, 0.717) is 0 Å². The fourth-order valence-electron chi connectivity index (χ4n) is 1.92. The average Bonchev–Trinajstić information content (AvgIpc) is 2.72. The summed E-state index contributed by atoms with van der Waals surface area (Å²) in [6.45, 7) is 0.784. The first-order valence-corrected chi connectivity index (χ1v) is 6.09. The fraction of sp³-hybridized carbons (Fsp3) is 0.250. The summed E-state index contributed by atoms with van der Waals surface area (Å²) < 4.78 is 8.58. The van der Waals surface area contributed by atoms with Crippen LogP contribution >= 0.6 is 15.9 Å². The van der Waals surface area contributed by atoms with Gasteiger partial charge in [-0.1, -0.05) is 22.0 Å². The Bertz CT molecular complexity index is 521. The van der Waals surface area contributed by atoms with E-state index in [2.05, 4.69) is 21.0 Å². The summed E-state index contributed by atoms with van der Waals surface area (Å²) in [5.41, 5.74) is 2.23. The number of hydrogen-bond donors (Lipinski definition) is 0. The maximum absolute atomic E-state index is 5.67. The van der Waals surface area contributed by atoms with Crippen LogP contribution in [0.3, 0.4) is 0 Å². The van der Waals surface area contributed by atoms with Crippen molar-refractivity contribution in [1.82, 2.24) is 9.78 Å². The van der Waals surface area contributed by atoms with Gasteiger partial charge < -0.3 is 4.74 Å². The Morgan fingerprint density at radius 2 is 2.31 bits per heavy atom. The molecule has 0 aliphatic carbocycles. The fourth-order valence-corrected chi connectivity index (χ4v) is 2.31. The third-order valence-corrected chi connectivity index (χ3v) is 3.17. The molecule has 0 radical (unpaired) electrons. The van der Waals surface area contributed by atoms with E-state index in [-0.39, 0.29) is 0 Å². The van der Waals surface area contributed by atoms with Crippen molar-refractivity contribution < 1.29 is 4.74 Å². The standard InChI is InChI=1S/C12H11BrN2O/c13-10-4-1-5-11(7-10)15-12-9(8-14-15)3-2-6-16-12/h1,4-5,7-8H,2-3,6H2. The van der Waals surface area contributed by atoms with Crippen LogP contribution in [0.5, 0.6) is 5.88 Å². The molecule has 0 saturated heterocycles. The highest BCUT2D eigenvalue weighted by Crippen LogP contribution is 2.27. The lowest BCUT2D eigenvalue weighted by molar-refractivity contribution is 0.270. The molecule has 2 aromatic rings. The van der Waals surface area contributed by atoms with Gasteiger partial charge in [-0.15, -0.1) is 0 Å². The van der Waals surface area contributed by atoms with Crippen molar-refractivity contribution in [3.63, 3.8) is 0 Å². The molecule has 0 N–H and O–H groups in total. The van der Waals surface area contributed by atoms with E-state index in [1.165, 1.54) is 5.56 Å². The third-order valence-electron chi connectivity index (χ3n) is 2.68. The van der Waals surface area contributed by atoms with Gasteiger partial charge in [0.25, 0.3) is 0 Å². The second-order valence-corrected chi connectivity index (χ2v) is 4.73. The Labute approximate surface area is 102 Å². The molecule has 3 nitrogen and oxygen atoms in total. The number of benzene rings is 1. The summed E-state index contributed by atoms with van der Waals surface area (Å²) in [6.07, 6.45) is 4.04. The molecule has 0 amide bonds. The number of hydrogen-bond acceptors (Lipinski definition) is 2. The minimum absolute atomic E-state index is 0.784. The topological polar surface area (TPSA) is 27.1 Å². The van der Waals surface area contributed by atoms with E-state index < -0.39 is 0 Å². The number of aryl methyl sites for hydroxylation is 1. The van der Waals surface area contributed by atoms with Crippen LogP contribution in [-0.4, -0.2) is 16.4 Å². The Kier molecular flexibility index (Phi) is 2.44. The van der Waals surface area contributed by atoms with E-state index in [0.717, 1.165) is 35.5 Å². The lowest BCUT2D eigenvalue weighted by atomic mass is 10.1. The van der Waals surface area contributed by atoms with Gasteiger partial charge in [0.15, 0.2) is 0 Å². The highest BCUT2D eigenvalue weighted by molar-refractivity contribution is 9.10. The summed E-state index contributed by atoms with van der Waals surface area (Å²) in [6, 6.07) is 8.05. The molecule has 1 aromatic heterocycles. The quantitative estimate of drug-likeness (QED) is 0.802.